The topological polar surface area (TPSA) is 117 Å². The van der Waals surface area contributed by atoms with E-state index >= 15 is 0 Å². The van der Waals surface area contributed by atoms with E-state index in [0.29, 0.717) is 5.75 Å². The molecule has 148 valence electrons. The number of hydrazine groups is 1. The van der Waals surface area contributed by atoms with Gasteiger partial charge in [-0.1, -0.05) is 0 Å². The molecule has 0 saturated carbocycles. The number of sulfonamides is 1. The number of ether oxygens (including phenoxy) is 1. The Labute approximate surface area is 160 Å². The molecule has 2 heterocycles. The molecule has 1 atom stereocenters. The van der Waals surface area contributed by atoms with E-state index < -0.39 is 33.8 Å². The molecule has 0 radical (unpaired) electrons. The van der Waals surface area contributed by atoms with E-state index in [1.165, 1.54) is 54.4 Å². The molecule has 9 nitrogen and oxygen atoms in total. The summed E-state index contributed by atoms with van der Waals surface area (Å²) in [4.78, 5) is 25.8. The van der Waals surface area contributed by atoms with Crippen LogP contribution < -0.4 is 15.6 Å². The van der Waals surface area contributed by atoms with E-state index in [1.807, 2.05) is 0 Å². The molecule has 11 heteroatoms. The molecule has 3 rings (SSSR count). The lowest BCUT2D eigenvalue weighted by Crippen LogP contribution is -2.48. The lowest BCUT2D eigenvalue weighted by atomic mass is 10.2. The second-order valence-corrected chi connectivity index (χ2v) is 7.76. The van der Waals surface area contributed by atoms with Gasteiger partial charge in [0.2, 0.25) is 0 Å². The highest BCUT2D eigenvalue weighted by atomic mass is 32.2. The van der Waals surface area contributed by atoms with Gasteiger partial charge in [-0.15, -0.1) is 4.40 Å². The molecule has 1 aromatic carbocycles. The van der Waals surface area contributed by atoms with Crippen LogP contribution in [0.5, 0.6) is 5.75 Å². The molecule has 2 N–H and O–H groups in total. The van der Waals surface area contributed by atoms with Crippen molar-refractivity contribution in [3.05, 3.63) is 54.0 Å². The van der Waals surface area contributed by atoms with Gasteiger partial charge >= 0.3 is 0 Å². The molecule has 2 aliphatic rings. The summed E-state index contributed by atoms with van der Waals surface area (Å²) < 4.78 is 44.8. The number of amides is 2. The van der Waals surface area contributed by atoms with Crippen molar-refractivity contribution >= 4 is 27.7 Å². The maximum Gasteiger partial charge on any atom is 0.279 e. The fourth-order valence-electron chi connectivity index (χ4n) is 2.40. The first-order valence-corrected chi connectivity index (χ1v) is 9.86. The minimum Gasteiger partial charge on any atom is -0.481 e. The van der Waals surface area contributed by atoms with Gasteiger partial charge in [0.1, 0.15) is 17.4 Å². The third kappa shape index (κ3) is 4.74. The van der Waals surface area contributed by atoms with E-state index in [0.717, 1.165) is 0 Å². The van der Waals surface area contributed by atoms with Gasteiger partial charge in [0, 0.05) is 12.7 Å². The quantitative estimate of drug-likeness (QED) is 0.690. The molecule has 1 unspecified atom stereocenters. The summed E-state index contributed by atoms with van der Waals surface area (Å²) in [6.45, 7) is 1.65. The molecule has 28 heavy (non-hydrogen) atoms. The van der Waals surface area contributed by atoms with Crippen LogP contribution in [0, 0.1) is 5.82 Å². The van der Waals surface area contributed by atoms with E-state index in [4.69, 9.17) is 4.74 Å². The van der Waals surface area contributed by atoms with Crippen molar-refractivity contribution < 1.29 is 27.1 Å². The fourth-order valence-corrected chi connectivity index (χ4v) is 3.37. The van der Waals surface area contributed by atoms with E-state index in [1.54, 1.807) is 0 Å². The predicted octanol–water partition coefficient (Wildman–Crippen LogP) is 0.238. The van der Waals surface area contributed by atoms with Crippen molar-refractivity contribution in [2.75, 3.05) is 12.3 Å². The Hall–Kier alpha value is -3.21. The van der Waals surface area contributed by atoms with Gasteiger partial charge in [-0.05, 0) is 43.3 Å². The lowest BCUT2D eigenvalue weighted by molar-refractivity contribution is -0.131. The van der Waals surface area contributed by atoms with Crippen LogP contribution in [-0.2, 0) is 19.6 Å². The predicted molar refractivity (Wildman–Crippen MR) is 97.9 cm³/mol. The standard InChI is InChI=1S/C17H17FN4O5S/c1-11(27-14-5-3-13(18)4-6-14)16(23)19-20-17(24)12-2-7-15-21-28(25,26)9-8-22(15)10-12/h2-7,10-11H,8-9H2,1H3,(H,19,23)(H,20,24). The summed E-state index contributed by atoms with van der Waals surface area (Å²) in [7, 11) is -3.48. The number of rotatable bonds is 4. The fraction of sp³-hybridized carbons (Fsp3) is 0.235. The number of fused-ring (bicyclic) bond motifs is 1. The van der Waals surface area contributed by atoms with Crippen molar-refractivity contribution in [1.82, 2.24) is 15.8 Å². The number of carbonyl (C=O) groups is 2. The third-order valence-corrected chi connectivity index (χ3v) is 5.04. The van der Waals surface area contributed by atoms with Gasteiger partial charge in [0.25, 0.3) is 21.8 Å². The molecule has 0 spiro atoms. The minimum atomic E-state index is -3.48. The zero-order valence-electron chi connectivity index (χ0n) is 14.8. The first kappa shape index (κ1) is 19.5. The number of halogens is 1. The van der Waals surface area contributed by atoms with Gasteiger partial charge in [-0.2, -0.15) is 0 Å². The van der Waals surface area contributed by atoms with Crippen molar-refractivity contribution in [1.29, 1.82) is 0 Å². The molecule has 2 aliphatic heterocycles. The third-order valence-electron chi connectivity index (χ3n) is 3.88. The maximum atomic E-state index is 12.9. The van der Waals surface area contributed by atoms with Crippen molar-refractivity contribution in [3.8, 4) is 5.75 Å². The average molecular weight is 408 g/mol. The smallest absolute Gasteiger partial charge is 0.279 e. The summed E-state index contributed by atoms with van der Waals surface area (Å²) in [5.41, 5.74) is 4.71. The molecule has 1 aromatic rings. The zero-order chi connectivity index (χ0) is 20.3. The zero-order valence-corrected chi connectivity index (χ0v) is 15.6. The number of hydrogen-bond donors (Lipinski definition) is 2. The lowest BCUT2D eigenvalue weighted by Gasteiger charge is -2.27. The summed E-state index contributed by atoms with van der Waals surface area (Å²) >= 11 is 0. The summed E-state index contributed by atoms with van der Waals surface area (Å²) in [6.07, 6.45) is 3.32. The van der Waals surface area contributed by atoms with Crippen LogP contribution in [0.2, 0.25) is 0 Å². The number of benzene rings is 1. The van der Waals surface area contributed by atoms with Crippen LogP contribution in [0.1, 0.15) is 6.92 Å². The van der Waals surface area contributed by atoms with Gasteiger partial charge in [0.15, 0.2) is 6.10 Å². The highest BCUT2D eigenvalue weighted by Gasteiger charge is 2.25. The van der Waals surface area contributed by atoms with Crippen molar-refractivity contribution in [2.45, 2.75) is 13.0 Å². The number of carbonyl (C=O) groups excluding carboxylic acids is 2. The van der Waals surface area contributed by atoms with E-state index in [-0.39, 0.29) is 23.7 Å². The van der Waals surface area contributed by atoms with Gasteiger partial charge in [-0.3, -0.25) is 20.4 Å². The van der Waals surface area contributed by atoms with Crippen LogP contribution in [0.25, 0.3) is 0 Å². The molecule has 0 aliphatic carbocycles. The highest BCUT2D eigenvalue weighted by Crippen LogP contribution is 2.16. The second-order valence-electron chi connectivity index (χ2n) is 6.00. The molecule has 0 bridgehead atoms. The number of nitrogens with one attached hydrogen (secondary N) is 2. The van der Waals surface area contributed by atoms with Gasteiger partial charge in [-0.25, -0.2) is 12.8 Å². The highest BCUT2D eigenvalue weighted by molar-refractivity contribution is 7.90. The van der Waals surface area contributed by atoms with Crippen LogP contribution in [0.15, 0.2) is 52.6 Å². The van der Waals surface area contributed by atoms with Crippen molar-refractivity contribution in [2.24, 2.45) is 4.40 Å². The molecular formula is C17H17FN4O5S. The summed E-state index contributed by atoms with van der Waals surface area (Å²) in [5, 5.41) is 0. The Bertz CT molecular complexity index is 985. The molecule has 2 amide bonds. The molecular weight excluding hydrogens is 391 g/mol. The largest absolute Gasteiger partial charge is 0.481 e. The first-order chi connectivity index (χ1) is 13.2. The van der Waals surface area contributed by atoms with Crippen LogP contribution in [0.3, 0.4) is 0 Å². The Kier molecular flexibility index (Phi) is 5.45. The summed E-state index contributed by atoms with van der Waals surface area (Å²) in [6, 6.07) is 5.17. The maximum absolute atomic E-state index is 12.9. The minimum absolute atomic E-state index is 0.148. The Morgan fingerprint density at radius 3 is 2.64 bits per heavy atom. The molecule has 0 fully saturated rings. The second kappa shape index (κ2) is 7.80. The SMILES string of the molecule is CC(Oc1ccc(F)cc1)C(=O)NNC(=O)C1=CN2CCS(=O)(=O)N=C2C=C1. The Balaban J connectivity index is 1.54. The van der Waals surface area contributed by atoms with Crippen LogP contribution in [-0.4, -0.2) is 49.4 Å². The van der Waals surface area contributed by atoms with E-state index in [9.17, 15) is 22.4 Å². The van der Waals surface area contributed by atoms with Gasteiger partial charge in [0.05, 0.1) is 11.3 Å². The average Bonchev–Trinajstić information content (AvgIpc) is 2.66. The number of amidine groups is 1. The van der Waals surface area contributed by atoms with E-state index in [2.05, 4.69) is 15.2 Å². The Morgan fingerprint density at radius 1 is 1.21 bits per heavy atom. The van der Waals surface area contributed by atoms with Crippen molar-refractivity contribution in [3.63, 3.8) is 0 Å². The molecule has 0 aromatic heterocycles. The first-order valence-electron chi connectivity index (χ1n) is 8.25. The number of hydrogen-bond acceptors (Lipinski definition) is 6. The normalized spacial score (nSPS) is 18.3. The monoisotopic (exact) mass is 408 g/mol. The summed E-state index contributed by atoms with van der Waals surface area (Å²) in [5.74, 6) is -1.24. The molecule has 0 saturated heterocycles. The Morgan fingerprint density at radius 2 is 1.93 bits per heavy atom. The van der Waals surface area contributed by atoms with Gasteiger partial charge < -0.3 is 9.64 Å². The van der Waals surface area contributed by atoms with Crippen LogP contribution >= 0.6 is 0 Å². The van der Waals surface area contributed by atoms with Crippen LogP contribution in [0.4, 0.5) is 4.39 Å². The number of nitrogens with zero attached hydrogens (tertiary/aromatic N) is 2.